The Bertz CT molecular complexity index is 1310. The number of para-hydroxylation sites is 1. The second-order valence-corrected chi connectivity index (χ2v) is 8.47. The molecule has 0 saturated heterocycles. The standard InChI is InChI=1S/C22H18BrN5O2S/c1-2-28-21(30)16-6-3-4-8-18(16)25-22(28)27-26-19(29)17-7-5-13-24-20(17)31-15-11-9-14(23)10-12-15/h3-13H,2H2,1H3,(H,25,27)(H,26,29). The molecule has 156 valence electrons. The fraction of sp³-hybridized carbons (Fsp3) is 0.0909. The summed E-state index contributed by atoms with van der Waals surface area (Å²) < 4.78 is 2.45. The molecule has 2 aromatic heterocycles. The molecule has 0 radical (unpaired) electrons. The molecule has 0 atom stereocenters. The van der Waals surface area contributed by atoms with Crippen LogP contribution in [0, 0.1) is 0 Å². The number of carbonyl (C=O) groups excluding carboxylic acids is 1. The Morgan fingerprint density at radius 1 is 1.10 bits per heavy atom. The molecular weight excluding hydrogens is 478 g/mol. The monoisotopic (exact) mass is 495 g/mol. The summed E-state index contributed by atoms with van der Waals surface area (Å²) in [5.41, 5.74) is 6.25. The van der Waals surface area contributed by atoms with Crippen molar-refractivity contribution in [2.24, 2.45) is 0 Å². The molecule has 1 amide bonds. The van der Waals surface area contributed by atoms with Gasteiger partial charge in [0.05, 0.1) is 16.5 Å². The molecule has 0 aliphatic heterocycles. The van der Waals surface area contributed by atoms with Gasteiger partial charge in [-0.3, -0.25) is 25.0 Å². The Morgan fingerprint density at radius 3 is 2.65 bits per heavy atom. The molecule has 0 unspecified atom stereocenters. The SMILES string of the molecule is CCn1c(NNC(=O)c2cccnc2Sc2ccc(Br)cc2)nc2ccccc2c1=O. The van der Waals surface area contributed by atoms with Crippen molar-refractivity contribution in [1.29, 1.82) is 0 Å². The predicted octanol–water partition coefficient (Wildman–Crippen LogP) is 4.48. The number of hydrogen-bond donors (Lipinski definition) is 2. The molecule has 4 aromatic rings. The Balaban J connectivity index is 1.57. The largest absolute Gasteiger partial charge is 0.277 e. The van der Waals surface area contributed by atoms with Gasteiger partial charge >= 0.3 is 0 Å². The van der Waals surface area contributed by atoms with Crippen LogP contribution in [0.25, 0.3) is 10.9 Å². The van der Waals surface area contributed by atoms with E-state index in [-0.39, 0.29) is 17.4 Å². The van der Waals surface area contributed by atoms with Gasteiger partial charge in [-0.1, -0.05) is 39.8 Å². The fourth-order valence-corrected chi connectivity index (χ4v) is 4.14. The summed E-state index contributed by atoms with van der Waals surface area (Å²) in [6, 6.07) is 18.3. The molecule has 2 heterocycles. The number of fused-ring (bicyclic) bond motifs is 1. The smallest absolute Gasteiger partial charge is 0.272 e. The van der Waals surface area contributed by atoms with Crippen molar-refractivity contribution >= 4 is 50.5 Å². The number of amides is 1. The highest BCUT2D eigenvalue weighted by Crippen LogP contribution is 2.29. The molecule has 2 N–H and O–H groups in total. The van der Waals surface area contributed by atoms with Crippen LogP contribution in [-0.2, 0) is 6.54 Å². The van der Waals surface area contributed by atoms with Crippen LogP contribution in [0.3, 0.4) is 0 Å². The minimum atomic E-state index is -0.377. The van der Waals surface area contributed by atoms with Crippen LogP contribution in [0.4, 0.5) is 5.95 Å². The highest BCUT2D eigenvalue weighted by molar-refractivity contribution is 9.10. The zero-order chi connectivity index (χ0) is 21.8. The van der Waals surface area contributed by atoms with Gasteiger partial charge in [0.1, 0.15) is 5.03 Å². The predicted molar refractivity (Wildman–Crippen MR) is 125 cm³/mol. The topological polar surface area (TPSA) is 88.9 Å². The van der Waals surface area contributed by atoms with Crippen LogP contribution in [0.2, 0.25) is 0 Å². The number of nitrogens with one attached hydrogen (secondary N) is 2. The van der Waals surface area contributed by atoms with Crippen molar-refractivity contribution in [1.82, 2.24) is 20.0 Å². The van der Waals surface area contributed by atoms with E-state index in [1.165, 1.54) is 16.3 Å². The van der Waals surface area contributed by atoms with Crippen LogP contribution >= 0.6 is 27.7 Å². The summed E-state index contributed by atoms with van der Waals surface area (Å²) in [6.45, 7) is 2.26. The molecule has 0 saturated carbocycles. The van der Waals surface area contributed by atoms with Crippen LogP contribution in [0.5, 0.6) is 0 Å². The number of pyridine rings is 1. The number of benzene rings is 2. The summed E-state index contributed by atoms with van der Waals surface area (Å²) >= 11 is 4.81. The molecule has 4 rings (SSSR count). The maximum absolute atomic E-state index is 12.9. The molecule has 31 heavy (non-hydrogen) atoms. The second-order valence-electron chi connectivity index (χ2n) is 6.49. The zero-order valence-electron chi connectivity index (χ0n) is 16.5. The Kier molecular flexibility index (Phi) is 6.34. The van der Waals surface area contributed by atoms with Crippen LogP contribution in [-0.4, -0.2) is 20.4 Å². The van der Waals surface area contributed by atoms with E-state index in [9.17, 15) is 9.59 Å². The molecular formula is C22H18BrN5O2S. The molecule has 0 bridgehead atoms. The first-order valence-electron chi connectivity index (χ1n) is 9.51. The van der Waals surface area contributed by atoms with E-state index in [2.05, 4.69) is 36.7 Å². The third kappa shape index (κ3) is 4.62. The number of hydrogen-bond acceptors (Lipinski definition) is 6. The normalized spacial score (nSPS) is 10.8. The van der Waals surface area contributed by atoms with Crippen molar-refractivity contribution in [3.05, 3.63) is 87.3 Å². The lowest BCUT2D eigenvalue weighted by Gasteiger charge is -2.14. The van der Waals surface area contributed by atoms with Gasteiger partial charge in [-0.15, -0.1) is 0 Å². The highest BCUT2D eigenvalue weighted by atomic mass is 79.9. The van der Waals surface area contributed by atoms with E-state index in [4.69, 9.17) is 0 Å². The number of aromatic nitrogens is 3. The van der Waals surface area contributed by atoms with Crippen molar-refractivity contribution in [3.8, 4) is 0 Å². The minimum Gasteiger partial charge on any atom is -0.277 e. The van der Waals surface area contributed by atoms with Crippen molar-refractivity contribution in [3.63, 3.8) is 0 Å². The van der Waals surface area contributed by atoms with Gasteiger partial charge in [-0.2, -0.15) is 0 Å². The number of anilines is 1. The number of halogens is 1. The lowest BCUT2D eigenvalue weighted by atomic mass is 10.2. The molecule has 7 nitrogen and oxygen atoms in total. The van der Waals surface area contributed by atoms with Gasteiger partial charge < -0.3 is 0 Å². The van der Waals surface area contributed by atoms with Crippen LogP contribution in [0.15, 0.2) is 86.0 Å². The van der Waals surface area contributed by atoms with E-state index < -0.39 is 0 Å². The Labute approximate surface area is 191 Å². The average Bonchev–Trinajstić information content (AvgIpc) is 2.79. The van der Waals surface area contributed by atoms with E-state index in [0.717, 1.165) is 9.37 Å². The summed E-state index contributed by atoms with van der Waals surface area (Å²) in [4.78, 5) is 35.4. The molecule has 9 heteroatoms. The minimum absolute atomic E-state index is 0.169. The Hall–Kier alpha value is -3.17. The van der Waals surface area contributed by atoms with Crippen LogP contribution in [0.1, 0.15) is 17.3 Å². The quantitative estimate of drug-likeness (QED) is 0.383. The summed E-state index contributed by atoms with van der Waals surface area (Å²) in [7, 11) is 0. The maximum Gasteiger partial charge on any atom is 0.272 e. The van der Waals surface area contributed by atoms with Crippen LogP contribution < -0.4 is 16.4 Å². The lowest BCUT2D eigenvalue weighted by molar-refractivity contribution is 0.0958. The number of hydrazine groups is 1. The number of rotatable bonds is 6. The first-order valence-corrected chi connectivity index (χ1v) is 11.1. The third-order valence-corrected chi connectivity index (χ3v) is 6.06. The van der Waals surface area contributed by atoms with Crippen molar-refractivity contribution in [2.45, 2.75) is 23.4 Å². The second kappa shape index (κ2) is 9.32. The molecule has 0 aliphatic rings. The van der Waals surface area contributed by atoms with E-state index in [0.29, 0.717) is 28.0 Å². The highest BCUT2D eigenvalue weighted by Gasteiger charge is 2.15. The first-order chi connectivity index (χ1) is 15.1. The molecule has 2 aromatic carbocycles. The van der Waals surface area contributed by atoms with Gasteiger partial charge in [-0.05, 0) is 55.5 Å². The van der Waals surface area contributed by atoms with E-state index in [1.54, 1.807) is 36.5 Å². The molecule has 0 spiro atoms. The van der Waals surface area contributed by atoms with Gasteiger partial charge in [0.2, 0.25) is 5.95 Å². The first kappa shape index (κ1) is 21.1. The summed E-state index contributed by atoms with van der Waals surface area (Å²) in [5, 5.41) is 1.10. The van der Waals surface area contributed by atoms with Gasteiger partial charge in [0.15, 0.2) is 0 Å². The molecule has 0 fully saturated rings. The van der Waals surface area contributed by atoms with E-state index >= 15 is 0 Å². The van der Waals surface area contributed by atoms with E-state index in [1.807, 2.05) is 37.3 Å². The average molecular weight is 496 g/mol. The Morgan fingerprint density at radius 2 is 1.87 bits per heavy atom. The number of carbonyl (C=O) groups is 1. The van der Waals surface area contributed by atoms with Gasteiger partial charge in [0.25, 0.3) is 11.5 Å². The zero-order valence-corrected chi connectivity index (χ0v) is 18.9. The summed E-state index contributed by atoms with van der Waals surface area (Å²) in [6.07, 6.45) is 1.64. The third-order valence-electron chi connectivity index (χ3n) is 4.51. The maximum atomic E-state index is 12.9. The fourth-order valence-electron chi connectivity index (χ4n) is 3.00. The molecule has 0 aliphatic carbocycles. The number of nitrogens with zero attached hydrogens (tertiary/aromatic N) is 3. The van der Waals surface area contributed by atoms with Crippen molar-refractivity contribution < 1.29 is 4.79 Å². The van der Waals surface area contributed by atoms with Gasteiger partial charge in [-0.25, -0.2) is 9.97 Å². The van der Waals surface area contributed by atoms with Crippen molar-refractivity contribution in [2.75, 3.05) is 5.43 Å². The van der Waals surface area contributed by atoms with Gasteiger partial charge in [0, 0.05) is 22.1 Å². The summed E-state index contributed by atoms with van der Waals surface area (Å²) in [5.74, 6) is -0.108. The lowest BCUT2D eigenvalue weighted by Crippen LogP contribution is -2.34.